The van der Waals surface area contributed by atoms with Gasteiger partial charge in [0.25, 0.3) is 0 Å². The van der Waals surface area contributed by atoms with Crippen LogP contribution in [0.25, 0.3) is 0 Å². The van der Waals surface area contributed by atoms with Gasteiger partial charge in [0, 0.05) is 5.75 Å². The van der Waals surface area contributed by atoms with Gasteiger partial charge >= 0.3 is 0 Å². The van der Waals surface area contributed by atoms with Gasteiger partial charge < -0.3 is 0 Å². The maximum Gasteiger partial charge on any atom is 0.0781 e. The van der Waals surface area contributed by atoms with Gasteiger partial charge in [0.05, 0.1) is 4.20 Å². The predicted octanol–water partition coefficient (Wildman–Crippen LogP) is 4.60. The lowest BCUT2D eigenvalue weighted by molar-refractivity contribution is 1.37. The minimum atomic E-state index is 0.938. The fourth-order valence-electron chi connectivity index (χ4n) is 1.49. The Labute approximate surface area is 112 Å². The van der Waals surface area contributed by atoms with Gasteiger partial charge in [0.15, 0.2) is 0 Å². The smallest absolute Gasteiger partial charge is 0.0781 e. The zero-order valence-corrected chi connectivity index (χ0v) is 11.4. The number of benzene rings is 2. The summed E-state index contributed by atoms with van der Waals surface area (Å²) in [7, 11) is 0. The van der Waals surface area contributed by atoms with Crippen molar-refractivity contribution < 1.29 is 0 Å². The Hall–Kier alpha value is -1.12. The second-order valence-electron chi connectivity index (χ2n) is 3.93. The quantitative estimate of drug-likeness (QED) is 0.738. The summed E-state index contributed by atoms with van der Waals surface area (Å²) in [5, 5.41) is 0. The van der Waals surface area contributed by atoms with Crippen molar-refractivity contribution in [1.82, 2.24) is 0 Å². The van der Waals surface area contributed by atoms with E-state index in [9.17, 15) is 0 Å². The van der Waals surface area contributed by atoms with E-state index in [0.29, 0.717) is 0 Å². The average Bonchev–Trinajstić information content (AvgIpc) is 2.39. The molecule has 0 amide bonds. The molecule has 0 aromatic heterocycles. The molecule has 0 atom stereocenters. The van der Waals surface area contributed by atoms with Crippen LogP contribution < -0.4 is 0 Å². The normalized spacial score (nSPS) is 10.2. The van der Waals surface area contributed by atoms with E-state index in [1.54, 1.807) is 11.8 Å². The lowest BCUT2D eigenvalue weighted by atomic mass is 10.2. The fourth-order valence-corrected chi connectivity index (χ4v) is 2.60. The van der Waals surface area contributed by atoms with E-state index in [0.717, 1.165) is 15.5 Å². The van der Waals surface area contributed by atoms with Crippen molar-refractivity contribution in [2.24, 2.45) is 0 Å². The molecule has 0 spiro atoms. The van der Waals surface area contributed by atoms with Crippen molar-refractivity contribution >= 4 is 28.2 Å². The highest BCUT2D eigenvalue weighted by molar-refractivity contribution is 8.23. The number of thiocarbonyl (C=S) groups is 1. The molecular formula is C15H14S2. The second-order valence-corrected chi connectivity index (χ2v) is 5.58. The topological polar surface area (TPSA) is 0 Å². The third-order valence-electron chi connectivity index (χ3n) is 2.50. The third-order valence-corrected chi connectivity index (χ3v) is 4.06. The molecule has 0 fully saturated rings. The van der Waals surface area contributed by atoms with Crippen LogP contribution in [0.3, 0.4) is 0 Å². The third kappa shape index (κ3) is 3.69. The van der Waals surface area contributed by atoms with Crippen LogP contribution in [0.1, 0.15) is 16.7 Å². The SMILES string of the molecule is Cc1ccc(CSC(=S)c2ccccc2)cc1. The molecule has 0 heterocycles. The summed E-state index contributed by atoms with van der Waals surface area (Å²) < 4.78 is 0.964. The van der Waals surface area contributed by atoms with E-state index < -0.39 is 0 Å². The molecule has 2 aromatic carbocycles. The predicted molar refractivity (Wildman–Crippen MR) is 80.6 cm³/mol. The van der Waals surface area contributed by atoms with Crippen molar-refractivity contribution in [3.63, 3.8) is 0 Å². The average molecular weight is 258 g/mol. The Kier molecular flexibility index (Phi) is 4.35. The first-order valence-corrected chi connectivity index (χ1v) is 6.93. The van der Waals surface area contributed by atoms with Gasteiger partial charge in [0.1, 0.15) is 0 Å². The zero-order chi connectivity index (χ0) is 12.1. The highest BCUT2D eigenvalue weighted by atomic mass is 32.2. The van der Waals surface area contributed by atoms with Crippen LogP contribution >= 0.6 is 24.0 Å². The van der Waals surface area contributed by atoms with Crippen LogP contribution in [0.15, 0.2) is 54.6 Å². The van der Waals surface area contributed by atoms with Gasteiger partial charge in [-0.15, -0.1) is 11.8 Å². The summed E-state index contributed by atoms with van der Waals surface area (Å²) in [5.41, 5.74) is 3.75. The van der Waals surface area contributed by atoms with Gasteiger partial charge in [-0.3, -0.25) is 0 Å². The van der Waals surface area contributed by atoms with Gasteiger partial charge in [-0.2, -0.15) is 0 Å². The van der Waals surface area contributed by atoms with E-state index in [4.69, 9.17) is 12.2 Å². The van der Waals surface area contributed by atoms with Crippen molar-refractivity contribution in [2.45, 2.75) is 12.7 Å². The van der Waals surface area contributed by atoms with Crippen molar-refractivity contribution in [3.05, 3.63) is 71.3 Å². The minimum Gasteiger partial charge on any atom is -0.109 e. The standard InChI is InChI=1S/C15H14S2/c1-12-7-9-13(10-8-12)11-17-15(16)14-5-3-2-4-6-14/h2-10H,11H2,1H3. The summed E-state index contributed by atoms with van der Waals surface area (Å²) in [6.45, 7) is 2.10. The lowest BCUT2D eigenvalue weighted by Gasteiger charge is -2.04. The molecule has 86 valence electrons. The number of hydrogen-bond acceptors (Lipinski definition) is 2. The first-order valence-electron chi connectivity index (χ1n) is 5.53. The van der Waals surface area contributed by atoms with Crippen LogP contribution in [0.5, 0.6) is 0 Å². The van der Waals surface area contributed by atoms with Crippen molar-refractivity contribution in [2.75, 3.05) is 0 Å². The highest BCUT2D eigenvalue weighted by Gasteiger charge is 2.01. The van der Waals surface area contributed by atoms with Crippen LogP contribution in [0.4, 0.5) is 0 Å². The molecule has 0 radical (unpaired) electrons. The monoisotopic (exact) mass is 258 g/mol. The molecule has 2 aromatic rings. The summed E-state index contributed by atoms with van der Waals surface area (Å²) >= 11 is 7.13. The van der Waals surface area contributed by atoms with E-state index in [1.807, 2.05) is 18.2 Å². The maximum absolute atomic E-state index is 5.41. The molecule has 0 bridgehead atoms. The summed E-state index contributed by atoms with van der Waals surface area (Å²) in [4.78, 5) is 0. The number of thioether (sulfide) groups is 1. The maximum atomic E-state index is 5.41. The zero-order valence-electron chi connectivity index (χ0n) is 9.72. The van der Waals surface area contributed by atoms with Crippen LogP contribution in [-0.4, -0.2) is 4.20 Å². The highest BCUT2D eigenvalue weighted by Crippen LogP contribution is 2.19. The fraction of sp³-hybridized carbons (Fsp3) is 0.133. The molecule has 0 aliphatic heterocycles. The molecule has 0 unspecified atom stereocenters. The second kappa shape index (κ2) is 5.99. The molecule has 17 heavy (non-hydrogen) atoms. The summed E-state index contributed by atoms with van der Waals surface area (Å²) in [6.07, 6.45) is 0. The molecular weight excluding hydrogens is 244 g/mol. The van der Waals surface area contributed by atoms with Gasteiger partial charge in [0.2, 0.25) is 0 Å². The van der Waals surface area contributed by atoms with E-state index >= 15 is 0 Å². The van der Waals surface area contributed by atoms with Gasteiger partial charge in [-0.05, 0) is 18.1 Å². The van der Waals surface area contributed by atoms with E-state index in [-0.39, 0.29) is 0 Å². The van der Waals surface area contributed by atoms with E-state index in [1.165, 1.54) is 11.1 Å². The summed E-state index contributed by atoms with van der Waals surface area (Å²) in [6, 6.07) is 18.8. The largest absolute Gasteiger partial charge is 0.109 e. The lowest BCUT2D eigenvalue weighted by Crippen LogP contribution is -1.92. The first kappa shape index (κ1) is 12.3. The number of rotatable bonds is 3. The Bertz CT molecular complexity index is 486. The Morgan fingerprint density at radius 2 is 1.65 bits per heavy atom. The molecule has 0 saturated heterocycles. The molecule has 0 saturated carbocycles. The van der Waals surface area contributed by atoms with Gasteiger partial charge in [-0.1, -0.05) is 72.4 Å². The van der Waals surface area contributed by atoms with Crippen LogP contribution in [-0.2, 0) is 5.75 Å². The van der Waals surface area contributed by atoms with Crippen LogP contribution in [0, 0.1) is 6.92 Å². The number of hydrogen-bond donors (Lipinski definition) is 0. The molecule has 2 rings (SSSR count). The minimum absolute atomic E-state index is 0.938. The van der Waals surface area contributed by atoms with Crippen molar-refractivity contribution in [3.8, 4) is 0 Å². The molecule has 0 aliphatic carbocycles. The Morgan fingerprint density at radius 1 is 1.00 bits per heavy atom. The van der Waals surface area contributed by atoms with Crippen LogP contribution in [0.2, 0.25) is 0 Å². The molecule has 2 heteroatoms. The Morgan fingerprint density at radius 3 is 2.29 bits per heavy atom. The van der Waals surface area contributed by atoms with Gasteiger partial charge in [-0.25, -0.2) is 0 Å². The molecule has 0 aliphatic rings. The molecule has 0 N–H and O–H groups in total. The Balaban J connectivity index is 1.95. The van der Waals surface area contributed by atoms with E-state index in [2.05, 4.69) is 43.3 Å². The summed E-state index contributed by atoms with van der Waals surface area (Å²) in [5.74, 6) is 0.938. The van der Waals surface area contributed by atoms with Crippen molar-refractivity contribution in [1.29, 1.82) is 0 Å². The number of aryl methyl sites for hydroxylation is 1. The first-order chi connectivity index (χ1) is 8.25. The molecule has 0 nitrogen and oxygen atoms in total.